The highest BCUT2D eigenvalue weighted by molar-refractivity contribution is 5.91. The lowest BCUT2D eigenvalue weighted by Crippen LogP contribution is -2.22. The Balaban J connectivity index is 1.82. The molecule has 0 fully saturated rings. The summed E-state index contributed by atoms with van der Waals surface area (Å²) in [5.74, 6) is 0.490. The van der Waals surface area contributed by atoms with E-state index in [1.165, 1.54) is 0 Å². The SMILES string of the molecule is CCOc1ccccc1OCC(=O)Nc1ccc(CNC(=O)CC#N)cc1. The van der Waals surface area contributed by atoms with E-state index in [0.717, 1.165) is 5.56 Å². The van der Waals surface area contributed by atoms with E-state index in [0.29, 0.717) is 30.3 Å². The molecule has 0 saturated carbocycles. The van der Waals surface area contributed by atoms with Gasteiger partial charge in [-0.25, -0.2) is 0 Å². The highest BCUT2D eigenvalue weighted by Gasteiger charge is 2.08. The van der Waals surface area contributed by atoms with E-state index < -0.39 is 0 Å². The summed E-state index contributed by atoms with van der Waals surface area (Å²) in [7, 11) is 0. The van der Waals surface area contributed by atoms with Crippen LogP contribution in [0.1, 0.15) is 18.9 Å². The van der Waals surface area contributed by atoms with Crippen LogP contribution in [0.4, 0.5) is 5.69 Å². The molecule has 0 aliphatic heterocycles. The first-order chi connectivity index (χ1) is 13.1. The van der Waals surface area contributed by atoms with Gasteiger partial charge in [-0.1, -0.05) is 24.3 Å². The number of amides is 2. The topological polar surface area (TPSA) is 100 Å². The maximum absolute atomic E-state index is 12.1. The third-order valence-electron chi connectivity index (χ3n) is 3.47. The number of para-hydroxylation sites is 2. The third kappa shape index (κ3) is 6.71. The molecule has 0 radical (unpaired) electrons. The molecule has 0 aromatic heterocycles. The minimum absolute atomic E-state index is 0.143. The number of nitrogens with zero attached hydrogens (tertiary/aromatic N) is 1. The van der Waals surface area contributed by atoms with Crippen molar-refractivity contribution in [2.45, 2.75) is 19.9 Å². The lowest BCUT2D eigenvalue weighted by atomic mass is 10.2. The van der Waals surface area contributed by atoms with Crippen LogP contribution in [-0.4, -0.2) is 25.0 Å². The number of nitrogens with one attached hydrogen (secondary N) is 2. The Bertz CT molecular complexity index is 813. The molecule has 2 N–H and O–H groups in total. The normalized spacial score (nSPS) is 9.78. The first kappa shape index (κ1) is 19.8. The van der Waals surface area contributed by atoms with E-state index in [1.807, 2.05) is 19.1 Å². The second-order valence-corrected chi connectivity index (χ2v) is 5.53. The Hall–Kier alpha value is -3.53. The molecular formula is C20H21N3O4. The van der Waals surface area contributed by atoms with E-state index in [-0.39, 0.29) is 24.8 Å². The fourth-order valence-electron chi connectivity index (χ4n) is 2.23. The molecule has 2 aromatic rings. The van der Waals surface area contributed by atoms with Gasteiger partial charge in [0.15, 0.2) is 18.1 Å². The number of carbonyl (C=O) groups is 2. The molecule has 7 nitrogen and oxygen atoms in total. The van der Waals surface area contributed by atoms with Crippen molar-refractivity contribution in [2.24, 2.45) is 0 Å². The van der Waals surface area contributed by atoms with E-state index in [9.17, 15) is 9.59 Å². The summed E-state index contributed by atoms with van der Waals surface area (Å²) in [6.45, 7) is 2.57. The van der Waals surface area contributed by atoms with E-state index >= 15 is 0 Å². The Morgan fingerprint density at radius 1 is 1.00 bits per heavy atom. The van der Waals surface area contributed by atoms with Crippen LogP contribution in [0, 0.1) is 11.3 Å². The Morgan fingerprint density at radius 2 is 1.67 bits per heavy atom. The van der Waals surface area contributed by atoms with E-state index in [4.69, 9.17) is 14.7 Å². The predicted molar refractivity (Wildman–Crippen MR) is 100 cm³/mol. The minimum atomic E-state index is -0.320. The Kier molecular flexibility index (Phi) is 7.67. The maximum Gasteiger partial charge on any atom is 0.262 e. The van der Waals surface area contributed by atoms with E-state index in [1.54, 1.807) is 42.5 Å². The van der Waals surface area contributed by atoms with Crippen LogP contribution < -0.4 is 20.1 Å². The zero-order valence-corrected chi connectivity index (χ0v) is 15.0. The number of anilines is 1. The lowest BCUT2D eigenvalue weighted by Gasteiger charge is -2.12. The quantitative estimate of drug-likeness (QED) is 0.710. The smallest absolute Gasteiger partial charge is 0.262 e. The van der Waals surface area contributed by atoms with Gasteiger partial charge >= 0.3 is 0 Å². The summed E-state index contributed by atoms with van der Waals surface area (Å²) in [5, 5.41) is 13.8. The monoisotopic (exact) mass is 367 g/mol. The highest BCUT2D eigenvalue weighted by Crippen LogP contribution is 2.26. The molecule has 0 aliphatic carbocycles. The molecule has 27 heavy (non-hydrogen) atoms. The molecule has 0 bridgehead atoms. The number of hydrogen-bond acceptors (Lipinski definition) is 5. The molecule has 7 heteroatoms. The van der Waals surface area contributed by atoms with Crippen LogP contribution in [0.2, 0.25) is 0 Å². The van der Waals surface area contributed by atoms with Crippen LogP contribution in [0.25, 0.3) is 0 Å². The largest absolute Gasteiger partial charge is 0.490 e. The molecule has 0 atom stereocenters. The maximum atomic E-state index is 12.1. The van der Waals surface area contributed by atoms with Crippen LogP contribution in [0.3, 0.4) is 0 Å². The van der Waals surface area contributed by atoms with Gasteiger partial charge in [-0.15, -0.1) is 0 Å². The van der Waals surface area contributed by atoms with Gasteiger partial charge < -0.3 is 20.1 Å². The number of carbonyl (C=O) groups excluding carboxylic acids is 2. The summed E-state index contributed by atoms with van der Waals surface area (Å²) >= 11 is 0. The van der Waals surface area contributed by atoms with Crippen molar-refractivity contribution in [3.8, 4) is 17.6 Å². The summed E-state index contributed by atoms with van der Waals surface area (Å²) in [4.78, 5) is 23.3. The number of ether oxygens (including phenoxy) is 2. The minimum Gasteiger partial charge on any atom is -0.490 e. The zero-order valence-electron chi connectivity index (χ0n) is 15.0. The molecule has 140 valence electrons. The van der Waals surface area contributed by atoms with Crippen molar-refractivity contribution in [1.82, 2.24) is 5.32 Å². The number of nitriles is 1. The van der Waals surface area contributed by atoms with Crippen LogP contribution >= 0.6 is 0 Å². The van der Waals surface area contributed by atoms with Crippen molar-refractivity contribution in [1.29, 1.82) is 5.26 Å². The summed E-state index contributed by atoms with van der Waals surface area (Å²) in [6, 6.07) is 16.0. The van der Waals surface area contributed by atoms with Crippen molar-refractivity contribution in [3.63, 3.8) is 0 Å². The molecule has 0 saturated heterocycles. The average molecular weight is 367 g/mol. The van der Waals surface area contributed by atoms with Crippen LogP contribution in [-0.2, 0) is 16.1 Å². The Morgan fingerprint density at radius 3 is 2.30 bits per heavy atom. The molecule has 0 heterocycles. The molecule has 0 spiro atoms. The van der Waals surface area contributed by atoms with Crippen molar-refractivity contribution >= 4 is 17.5 Å². The fraction of sp³-hybridized carbons (Fsp3) is 0.250. The third-order valence-corrected chi connectivity index (χ3v) is 3.47. The van der Waals surface area contributed by atoms with Crippen LogP contribution in [0.15, 0.2) is 48.5 Å². The number of rotatable bonds is 9. The second kappa shape index (κ2) is 10.5. The molecule has 2 rings (SSSR count). The summed E-state index contributed by atoms with van der Waals surface area (Å²) in [6.07, 6.45) is -0.166. The van der Waals surface area contributed by atoms with Crippen LogP contribution in [0.5, 0.6) is 11.5 Å². The van der Waals surface area contributed by atoms with Gasteiger partial charge in [0.1, 0.15) is 6.42 Å². The summed E-state index contributed by atoms with van der Waals surface area (Å²) < 4.78 is 11.0. The van der Waals surface area contributed by atoms with Gasteiger partial charge in [-0.2, -0.15) is 5.26 Å². The fourth-order valence-corrected chi connectivity index (χ4v) is 2.23. The predicted octanol–water partition coefficient (Wildman–Crippen LogP) is 2.63. The van der Waals surface area contributed by atoms with Gasteiger partial charge in [-0.05, 0) is 36.8 Å². The van der Waals surface area contributed by atoms with Gasteiger partial charge in [-0.3, -0.25) is 9.59 Å². The Labute approximate surface area is 157 Å². The number of benzene rings is 2. The van der Waals surface area contributed by atoms with Gasteiger partial charge in [0.05, 0.1) is 12.7 Å². The van der Waals surface area contributed by atoms with Crippen molar-refractivity contribution in [3.05, 3.63) is 54.1 Å². The first-order valence-corrected chi connectivity index (χ1v) is 8.49. The number of hydrogen-bond donors (Lipinski definition) is 2. The standard InChI is InChI=1S/C20H21N3O4/c1-2-26-17-5-3-4-6-18(17)27-14-20(25)23-16-9-7-15(8-10-16)13-22-19(24)11-12-21/h3-10H,2,11,13-14H2,1H3,(H,22,24)(H,23,25). The molecular weight excluding hydrogens is 346 g/mol. The van der Waals surface area contributed by atoms with Crippen molar-refractivity contribution in [2.75, 3.05) is 18.5 Å². The molecule has 2 amide bonds. The van der Waals surface area contributed by atoms with E-state index in [2.05, 4.69) is 10.6 Å². The van der Waals surface area contributed by atoms with Gasteiger partial charge in [0.2, 0.25) is 5.91 Å². The summed E-state index contributed by atoms with van der Waals surface area (Å²) in [5.41, 5.74) is 1.48. The molecule has 0 aliphatic rings. The molecule has 0 unspecified atom stereocenters. The second-order valence-electron chi connectivity index (χ2n) is 5.53. The highest BCUT2D eigenvalue weighted by atomic mass is 16.5. The van der Waals surface area contributed by atoms with Crippen molar-refractivity contribution < 1.29 is 19.1 Å². The van der Waals surface area contributed by atoms with Gasteiger partial charge in [0, 0.05) is 12.2 Å². The molecule has 2 aromatic carbocycles. The van der Waals surface area contributed by atoms with Gasteiger partial charge in [0.25, 0.3) is 5.91 Å². The zero-order chi connectivity index (χ0) is 19.5. The lowest BCUT2D eigenvalue weighted by molar-refractivity contribution is -0.120. The average Bonchev–Trinajstić information content (AvgIpc) is 2.67. The first-order valence-electron chi connectivity index (χ1n) is 8.49.